The summed E-state index contributed by atoms with van der Waals surface area (Å²) in [5.74, 6) is 0.953. The number of likely N-dealkylation sites (tertiary alicyclic amines) is 1. The summed E-state index contributed by atoms with van der Waals surface area (Å²) in [7, 11) is 0. The topological polar surface area (TPSA) is 62.6 Å². The van der Waals surface area contributed by atoms with E-state index in [2.05, 4.69) is 6.07 Å². The quantitative estimate of drug-likeness (QED) is 0.692. The van der Waals surface area contributed by atoms with Crippen molar-refractivity contribution in [3.05, 3.63) is 24.3 Å². The molecule has 1 fully saturated rings. The molecule has 1 saturated heterocycles. The van der Waals surface area contributed by atoms with Gasteiger partial charge in [-0.05, 0) is 44.7 Å². The van der Waals surface area contributed by atoms with Crippen LogP contribution in [0.25, 0.3) is 0 Å². The van der Waals surface area contributed by atoms with Crippen molar-refractivity contribution in [2.45, 2.75) is 32.6 Å². The number of hydrogen-bond donors (Lipinski definition) is 0. The molecular weight excluding hydrogens is 292 g/mol. The first-order valence-electron chi connectivity index (χ1n) is 8.28. The zero-order valence-electron chi connectivity index (χ0n) is 13.7. The monoisotopic (exact) mass is 316 g/mol. The lowest BCUT2D eigenvalue weighted by molar-refractivity contribution is -0.132. The summed E-state index contributed by atoms with van der Waals surface area (Å²) in [6.45, 7) is 4.62. The van der Waals surface area contributed by atoms with Crippen molar-refractivity contribution in [3.63, 3.8) is 0 Å². The van der Waals surface area contributed by atoms with Gasteiger partial charge in [0.15, 0.2) is 0 Å². The van der Waals surface area contributed by atoms with Gasteiger partial charge in [0.05, 0.1) is 19.3 Å². The minimum Gasteiger partial charge on any atom is -0.494 e. The number of benzene rings is 1. The van der Waals surface area contributed by atoms with Crippen molar-refractivity contribution in [3.8, 4) is 17.6 Å². The van der Waals surface area contributed by atoms with Crippen LogP contribution < -0.4 is 9.47 Å². The maximum Gasteiger partial charge on any atom is 0.239 e. The first-order valence-corrected chi connectivity index (χ1v) is 8.28. The molecule has 23 heavy (non-hydrogen) atoms. The highest BCUT2D eigenvalue weighted by molar-refractivity contribution is 5.81. The van der Waals surface area contributed by atoms with Crippen molar-refractivity contribution in [1.82, 2.24) is 4.90 Å². The molecular formula is C18H24N2O3. The van der Waals surface area contributed by atoms with E-state index in [4.69, 9.17) is 9.47 Å². The molecule has 0 bridgehead atoms. The van der Waals surface area contributed by atoms with Crippen LogP contribution in [0.1, 0.15) is 32.6 Å². The highest BCUT2D eigenvalue weighted by Crippen LogP contribution is 2.20. The van der Waals surface area contributed by atoms with E-state index in [0.29, 0.717) is 26.1 Å². The number of nitrogens with zero attached hydrogens (tertiary/aromatic N) is 2. The largest absolute Gasteiger partial charge is 0.494 e. The van der Waals surface area contributed by atoms with Gasteiger partial charge in [-0.3, -0.25) is 4.79 Å². The Hall–Kier alpha value is -2.22. The van der Waals surface area contributed by atoms with Crippen molar-refractivity contribution in [2.24, 2.45) is 5.92 Å². The second-order valence-electron chi connectivity index (χ2n) is 5.61. The van der Waals surface area contributed by atoms with Gasteiger partial charge in [0.25, 0.3) is 0 Å². The normalized spacial score (nSPS) is 15.0. The van der Waals surface area contributed by atoms with Gasteiger partial charge in [-0.25, -0.2) is 0 Å². The summed E-state index contributed by atoms with van der Waals surface area (Å²) in [4.78, 5) is 14.0. The van der Waals surface area contributed by atoms with E-state index < -0.39 is 5.92 Å². The van der Waals surface area contributed by atoms with Gasteiger partial charge in [-0.15, -0.1) is 0 Å². The van der Waals surface area contributed by atoms with Crippen molar-refractivity contribution < 1.29 is 14.3 Å². The number of carbonyl (C=O) groups is 1. The summed E-state index contributed by atoms with van der Waals surface area (Å²) in [5.41, 5.74) is 0. The van der Waals surface area contributed by atoms with Crippen LogP contribution in [-0.4, -0.2) is 37.1 Å². The lowest BCUT2D eigenvalue weighted by Gasteiger charge is -2.18. The van der Waals surface area contributed by atoms with E-state index in [1.807, 2.05) is 31.2 Å². The lowest BCUT2D eigenvalue weighted by Crippen LogP contribution is -2.33. The van der Waals surface area contributed by atoms with Crippen LogP contribution in [0.2, 0.25) is 0 Å². The van der Waals surface area contributed by atoms with Gasteiger partial charge in [0.1, 0.15) is 17.4 Å². The van der Waals surface area contributed by atoms with E-state index in [0.717, 1.165) is 37.4 Å². The van der Waals surface area contributed by atoms with Crippen LogP contribution in [-0.2, 0) is 4.79 Å². The number of nitriles is 1. The van der Waals surface area contributed by atoms with E-state index in [1.54, 1.807) is 4.90 Å². The highest BCUT2D eigenvalue weighted by atomic mass is 16.5. The van der Waals surface area contributed by atoms with Crippen LogP contribution in [0.15, 0.2) is 24.3 Å². The van der Waals surface area contributed by atoms with E-state index in [-0.39, 0.29) is 5.91 Å². The Balaban J connectivity index is 1.74. The van der Waals surface area contributed by atoms with Gasteiger partial charge < -0.3 is 14.4 Å². The Bertz CT molecular complexity index is 547. The van der Waals surface area contributed by atoms with Crippen molar-refractivity contribution >= 4 is 5.91 Å². The Kier molecular flexibility index (Phi) is 6.74. The summed E-state index contributed by atoms with van der Waals surface area (Å²) < 4.78 is 11.1. The first kappa shape index (κ1) is 17.1. The maximum absolute atomic E-state index is 12.2. The average molecular weight is 316 g/mol. The molecule has 124 valence electrons. The third-order valence-corrected chi connectivity index (χ3v) is 3.89. The van der Waals surface area contributed by atoms with Crippen LogP contribution in [0.3, 0.4) is 0 Å². The molecule has 1 atom stereocenters. The third kappa shape index (κ3) is 5.17. The fourth-order valence-corrected chi connectivity index (χ4v) is 2.70. The maximum atomic E-state index is 12.2. The van der Waals surface area contributed by atoms with Gasteiger partial charge in [-0.1, -0.05) is 6.07 Å². The second-order valence-corrected chi connectivity index (χ2v) is 5.61. The zero-order valence-corrected chi connectivity index (χ0v) is 13.7. The number of carbonyl (C=O) groups excluding carboxylic acids is 1. The molecule has 1 aromatic carbocycles. The van der Waals surface area contributed by atoms with Gasteiger partial charge >= 0.3 is 0 Å². The third-order valence-electron chi connectivity index (χ3n) is 3.89. The van der Waals surface area contributed by atoms with Crippen LogP contribution >= 0.6 is 0 Å². The number of amides is 1. The van der Waals surface area contributed by atoms with Crippen LogP contribution in [0.5, 0.6) is 11.5 Å². The summed E-state index contributed by atoms with van der Waals surface area (Å²) in [5, 5.41) is 9.21. The molecule has 1 aliphatic rings. The number of hydrogen-bond acceptors (Lipinski definition) is 4. The van der Waals surface area contributed by atoms with Gasteiger partial charge in [0, 0.05) is 19.2 Å². The summed E-state index contributed by atoms with van der Waals surface area (Å²) in [6, 6.07) is 9.63. The molecule has 5 nitrogen and oxygen atoms in total. The highest BCUT2D eigenvalue weighted by Gasteiger charge is 2.25. The zero-order chi connectivity index (χ0) is 16.5. The molecule has 0 spiro atoms. The molecule has 0 N–H and O–H groups in total. The Morgan fingerprint density at radius 2 is 2.00 bits per heavy atom. The predicted molar refractivity (Wildman–Crippen MR) is 87.3 cm³/mol. The Morgan fingerprint density at radius 1 is 1.30 bits per heavy atom. The fraction of sp³-hybridized carbons (Fsp3) is 0.556. The van der Waals surface area contributed by atoms with E-state index in [9.17, 15) is 10.1 Å². The minimum atomic E-state index is -0.550. The Labute approximate surface area is 137 Å². The molecule has 1 amide bonds. The van der Waals surface area contributed by atoms with Gasteiger partial charge in [0.2, 0.25) is 5.91 Å². The molecule has 0 radical (unpaired) electrons. The molecule has 0 saturated carbocycles. The lowest BCUT2D eigenvalue weighted by atomic mass is 10.0. The Morgan fingerprint density at radius 3 is 2.65 bits per heavy atom. The molecule has 0 aliphatic carbocycles. The van der Waals surface area contributed by atoms with Crippen LogP contribution in [0.4, 0.5) is 0 Å². The average Bonchev–Trinajstić information content (AvgIpc) is 3.10. The summed E-state index contributed by atoms with van der Waals surface area (Å²) >= 11 is 0. The summed E-state index contributed by atoms with van der Waals surface area (Å²) in [6.07, 6.45) is 3.31. The molecule has 5 heteroatoms. The molecule has 2 rings (SSSR count). The standard InChI is InChI=1S/C18H24N2O3/c1-2-22-16-8-5-9-17(13-16)23-12-6-7-15(14-19)18(21)20-10-3-4-11-20/h5,8-9,13,15H,2-4,6-7,10-12H2,1H3. The minimum absolute atomic E-state index is 0.0247. The molecule has 1 heterocycles. The molecule has 1 aliphatic heterocycles. The van der Waals surface area contributed by atoms with Gasteiger partial charge in [-0.2, -0.15) is 5.26 Å². The van der Waals surface area contributed by atoms with E-state index >= 15 is 0 Å². The number of ether oxygens (including phenoxy) is 2. The second kappa shape index (κ2) is 9.04. The van der Waals surface area contributed by atoms with Crippen molar-refractivity contribution in [1.29, 1.82) is 5.26 Å². The van der Waals surface area contributed by atoms with Crippen LogP contribution in [0, 0.1) is 17.2 Å². The SMILES string of the molecule is CCOc1cccc(OCCCC(C#N)C(=O)N2CCCC2)c1. The fourth-order valence-electron chi connectivity index (χ4n) is 2.70. The molecule has 0 aromatic heterocycles. The predicted octanol–water partition coefficient (Wildman–Crippen LogP) is 3.01. The first-order chi connectivity index (χ1) is 11.2. The molecule has 1 aromatic rings. The molecule has 1 unspecified atom stereocenters. The number of rotatable bonds is 8. The van der Waals surface area contributed by atoms with Crippen molar-refractivity contribution in [2.75, 3.05) is 26.3 Å². The van der Waals surface area contributed by atoms with E-state index in [1.165, 1.54) is 0 Å². The smallest absolute Gasteiger partial charge is 0.239 e.